The number of ketones is 1. The molecule has 0 saturated carbocycles. The molecule has 1 fully saturated rings. The summed E-state index contributed by atoms with van der Waals surface area (Å²) in [5.41, 5.74) is 2.50. The van der Waals surface area contributed by atoms with Gasteiger partial charge in [-0.1, -0.05) is 49.6 Å². The van der Waals surface area contributed by atoms with Gasteiger partial charge in [0.2, 0.25) is 11.7 Å². The van der Waals surface area contributed by atoms with Crippen molar-refractivity contribution in [1.82, 2.24) is 0 Å². The van der Waals surface area contributed by atoms with E-state index in [9.17, 15) is 19.2 Å². The van der Waals surface area contributed by atoms with Gasteiger partial charge in [0.15, 0.2) is 6.10 Å². The van der Waals surface area contributed by atoms with E-state index in [1.807, 2.05) is 19.1 Å². The molecule has 34 heavy (non-hydrogen) atoms. The lowest BCUT2D eigenvalue weighted by atomic mass is 10.1. The highest BCUT2D eigenvalue weighted by Gasteiger charge is 2.37. The number of hydrogen-bond acceptors (Lipinski definition) is 6. The predicted molar refractivity (Wildman–Crippen MR) is 128 cm³/mol. The van der Waals surface area contributed by atoms with E-state index in [4.69, 9.17) is 9.47 Å². The van der Waals surface area contributed by atoms with E-state index < -0.39 is 24.0 Å². The van der Waals surface area contributed by atoms with E-state index >= 15 is 0 Å². The second-order valence-electron chi connectivity index (χ2n) is 8.60. The molecule has 2 atom stereocenters. The maximum absolute atomic E-state index is 12.6. The number of nitrogens with zero attached hydrogens (tertiary/aromatic N) is 1. The molecular weight excluding hydrogens is 434 g/mol. The number of esters is 2. The lowest BCUT2D eigenvalue weighted by Gasteiger charge is -2.18. The Kier molecular flexibility index (Phi) is 8.57. The van der Waals surface area contributed by atoms with Crippen LogP contribution in [0.4, 0.5) is 5.69 Å². The van der Waals surface area contributed by atoms with Gasteiger partial charge < -0.3 is 14.4 Å². The maximum atomic E-state index is 12.6. The predicted octanol–water partition coefficient (Wildman–Crippen LogP) is 4.51. The van der Waals surface area contributed by atoms with Crippen LogP contribution in [-0.2, 0) is 19.1 Å². The SMILES string of the molecule is CCCCCOC(=O)c1ccc(N2C[C@@H](C(=O)O[C@H](C)C(=O)c3ccc(C)cc3)CC2=O)cc1. The van der Waals surface area contributed by atoms with Crippen molar-refractivity contribution in [2.24, 2.45) is 5.92 Å². The van der Waals surface area contributed by atoms with Gasteiger partial charge in [-0.15, -0.1) is 0 Å². The minimum Gasteiger partial charge on any atom is -0.462 e. The lowest BCUT2D eigenvalue weighted by Crippen LogP contribution is -2.30. The van der Waals surface area contributed by atoms with Crippen molar-refractivity contribution in [1.29, 1.82) is 0 Å². The summed E-state index contributed by atoms with van der Waals surface area (Å²) in [6.07, 6.45) is 1.95. The zero-order chi connectivity index (χ0) is 24.7. The number of amides is 1. The number of benzene rings is 2. The van der Waals surface area contributed by atoms with Crippen molar-refractivity contribution in [3.63, 3.8) is 0 Å². The molecule has 1 aliphatic heterocycles. The molecular formula is C27H31NO6. The van der Waals surface area contributed by atoms with Crippen LogP contribution in [0.5, 0.6) is 0 Å². The van der Waals surface area contributed by atoms with Gasteiger partial charge in [-0.25, -0.2) is 4.79 Å². The third kappa shape index (κ3) is 6.31. The highest BCUT2D eigenvalue weighted by molar-refractivity contribution is 6.02. The number of aryl methyl sites for hydroxylation is 1. The first-order valence-corrected chi connectivity index (χ1v) is 11.7. The first-order chi connectivity index (χ1) is 16.3. The summed E-state index contributed by atoms with van der Waals surface area (Å²) in [7, 11) is 0. The summed E-state index contributed by atoms with van der Waals surface area (Å²) in [5, 5.41) is 0. The third-order valence-corrected chi connectivity index (χ3v) is 5.85. The fourth-order valence-corrected chi connectivity index (χ4v) is 3.77. The molecule has 0 unspecified atom stereocenters. The molecule has 0 bridgehead atoms. The van der Waals surface area contributed by atoms with Crippen LogP contribution in [0, 0.1) is 12.8 Å². The van der Waals surface area contributed by atoms with Gasteiger partial charge in [-0.2, -0.15) is 0 Å². The lowest BCUT2D eigenvalue weighted by molar-refractivity contribution is -0.151. The van der Waals surface area contributed by atoms with Gasteiger partial charge in [-0.05, 0) is 44.5 Å². The molecule has 0 N–H and O–H groups in total. The summed E-state index contributed by atoms with van der Waals surface area (Å²) >= 11 is 0. The van der Waals surface area contributed by atoms with Crippen LogP contribution in [0.3, 0.4) is 0 Å². The number of hydrogen-bond donors (Lipinski definition) is 0. The van der Waals surface area contributed by atoms with E-state index in [2.05, 4.69) is 6.92 Å². The number of ether oxygens (including phenoxy) is 2. The fraction of sp³-hybridized carbons (Fsp3) is 0.407. The standard InChI is InChI=1S/C27H31NO6/c1-4-5-6-15-33-26(31)21-11-13-23(14-12-21)28-17-22(16-24(28)29)27(32)34-19(3)25(30)20-9-7-18(2)8-10-20/h7-14,19,22H,4-6,15-17H2,1-3H3/t19-,22+/m1/s1. The highest BCUT2D eigenvalue weighted by atomic mass is 16.5. The van der Waals surface area contributed by atoms with Crippen LogP contribution in [0.25, 0.3) is 0 Å². The minimum absolute atomic E-state index is 0.00545. The molecule has 7 heteroatoms. The molecule has 7 nitrogen and oxygen atoms in total. The first kappa shape index (κ1) is 25.1. The Morgan fingerprint density at radius 1 is 1.00 bits per heavy atom. The molecule has 0 radical (unpaired) electrons. The van der Waals surface area contributed by atoms with Crippen molar-refractivity contribution in [2.75, 3.05) is 18.1 Å². The minimum atomic E-state index is -0.943. The van der Waals surface area contributed by atoms with Crippen LogP contribution >= 0.6 is 0 Å². The zero-order valence-electron chi connectivity index (χ0n) is 19.9. The van der Waals surface area contributed by atoms with Gasteiger partial charge in [-0.3, -0.25) is 14.4 Å². The average Bonchev–Trinajstić information content (AvgIpc) is 3.23. The van der Waals surface area contributed by atoms with Crippen molar-refractivity contribution >= 4 is 29.3 Å². The van der Waals surface area contributed by atoms with E-state index in [1.165, 1.54) is 11.8 Å². The topological polar surface area (TPSA) is 90.0 Å². The van der Waals surface area contributed by atoms with Gasteiger partial charge in [0, 0.05) is 24.2 Å². The summed E-state index contributed by atoms with van der Waals surface area (Å²) in [5.74, 6) is -2.13. The van der Waals surface area contributed by atoms with Crippen molar-refractivity contribution in [3.8, 4) is 0 Å². The Hall–Kier alpha value is -3.48. The number of unbranched alkanes of at least 4 members (excludes halogenated alkanes) is 2. The third-order valence-electron chi connectivity index (χ3n) is 5.85. The van der Waals surface area contributed by atoms with Gasteiger partial charge >= 0.3 is 11.9 Å². The Bertz CT molecular complexity index is 1030. The molecule has 2 aromatic rings. The Morgan fingerprint density at radius 3 is 2.29 bits per heavy atom. The molecule has 3 rings (SSSR count). The molecule has 180 valence electrons. The molecule has 1 heterocycles. The molecule has 0 spiro atoms. The normalized spacial score (nSPS) is 16.3. The summed E-state index contributed by atoms with van der Waals surface area (Å²) in [4.78, 5) is 51.4. The molecule has 1 aliphatic rings. The first-order valence-electron chi connectivity index (χ1n) is 11.7. The van der Waals surface area contributed by atoms with Crippen LogP contribution in [0.15, 0.2) is 48.5 Å². The van der Waals surface area contributed by atoms with Gasteiger partial charge in [0.1, 0.15) is 0 Å². The van der Waals surface area contributed by atoms with Crippen molar-refractivity contribution < 1.29 is 28.7 Å². The second kappa shape index (κ2) is 11.6. The van der Waals surface area contributed by atoms with E-state index in [0.29, 0.717) is 23.4 Å². The van der Waals surface area contributed by atoms with Crippen LogP contribution in [0.2, 0.25) is 0 Å². The second-order valence-corrected chi connectivity index (χ2v) is 8.60. The Balaban J connectivity index is 1.55. The quantitative estimate of drug-likeness (QED) is 0.291. The van der Waals surface area contributed by atoms with E-state index in [0.717, 1.165) is 24.8 Å². The van der Waals surface area contributed by atoms with Crippen LogP contribution in [0.1, 0.15) is 65.8 Å². The molecule has 0 aromatic heterocycles. The van der Waals surface area contributed by atoms with Crippen LogP contribution < -0.4 is 4.90 Å². The summed E-state index contributed by atoms with van der Waals surface area (Å²) in [6.45, 7) is 6.08. The number of anilines is 1. The number of Topliss-reactive ketones (excluding diaryl/α,β-unsaturated/α-hetero) is 1. The largest absolute Gasteiger partial charge is 0.462 e. The highest BCUT2D eigenvalue weighted by Crippen LogP contribution is 2.27. The van der Waals surface area contributed by atoms with Crippen LogP contribution in [-0.4, -0.2) is 42.9 Å². The number of carbonyl (C=O) groups excluding carboxylic acids is 4. The Labute approximate surface area is 200 Å². The van der Waals surface area contributed by atoms with Crippen molar-refractivity contribution in [3.05, 3.63) is 65.2 Å². The molecule has 2 aromatic carbocycles. The number of carbonyl (C=O) groups is 4. The summed E-state index contributed by atoms with van der Waals surface area (Å²) in [6, 6.07) is 13.6. The van der Waals surface area contributed by atoms with Crippen molar-refractivity contribution in [2.45, 2.75) is 52.6 Å². The number of rotatable bonds is 10. The summed E-state index contributed by atoms with van der Waals surface area (Å²) < 4.78 is 10.6. The average molecular weight is 466 g/mol. The van der Waals surface area contributed by atoms with E-state index in [1.54, 1.807) is 36.4 Å². The van der Waals surface area contributed by atoms with Gasteiger partial charge in [0.25, 0.3) is 0 Å². The molecule has 0 aliphatic carbocycles. The monoisotopic (exact) mass is 465 g/mol. The molecule has 1 saturated heterocycles. The zero-order valence-corrected chi connectivity index (χ0v) is 19.9. The fourth-order valence-electron chi connectivity index (χ4n) is 3.77. The smallest absolute Gasteiger partial charge is 0.338 e. The van der Waals surface area contributed by atoms with Gasteiger partial charge in [0.05, 0.1) is 18.1 Å². The van der Waals surface area contributed by atoms with E-state index in [-0.39, 0.29) is 24.7 Å². The maximum Gasteiger partial charge on any atom is 0.338 e. The molecule has 1 amide bonds. The Morgan fingerprint density at radius 2 is 1.65 bits per heavy atom.